The molecular formula is C30H30N4O4. The zero-order valence-electron chi connectivity index (χ0n) is 21.5. The van der Waals surface area contributed by atoms with Crippen molar-refractivity contribution in [3.05, 3.63) is 106 Å². The van der Waals surface area contributed by atoms with E-state index in [0.29, 0.717) is 16.8 Å². The molecule has 2 aliphatic heterocycles. The van der Waals surface area contributed by atoms with E-state index in [4.69, 9.17) is 4.74 Å². The highest BCUT2D eigenvalue weighted by atomic mass is 16.5. The van der Waals surface area contributed by atoms with Crippen LogP contribution in [0.2, 0.25) is 0 Å². The number of ether oxygens (including phenoxy) is 1. The van der Waals surface area contributed by atoms with E-state index in [-0.39, 0.29) is 30.0 Å². The average Bonchev–Trinajstić information content (AvgIpc) is 2.90. The second kappa shape index (κ2) is 10.4. The van der Waals surface area contributed by atoms with Gasteiger partial charge in [-0.15, -0.1) is 0 Å². The Labute approximate surface area is 220 Å². The van der Waals surface area contributed by atoms with E-state index in [1.807, 2.05) is 75.4 Å². The van der Waals surface area contributed by atoms with Crippen molar-refractivity contribution < 1.29 is 14.3 Å². The van der Waals surface area contributed by atoms with Gasteiger partial charge < -0.3 is 20.4 Å². The van der Waals surface area contributed by atoms with Gasteiger partial charge in [0, 0.05) is 28.9 Å². The molecular weight excluding hydrogens is 480 g/mol. The molecule has 0 spiro atoms. The zero-order valence-corrected chi connectivity index (χ0v) is 21.5. The standard InChI is InChI=1S/C30H30N4O4/c1-17-13-22-8-10-25(17)18(2)16-38-30(37)34-23-6-4-5-21(14-23)19(3)32-29(36)27(22)33-24-9-7-20-11-12-31-28(35)26(20)15-24/h4-15,18-19,27,33H,16H2,1-3H3,(H,31,35)(H,32,36)(H,34,37)/t18-,19+,27+/m0/s1. The smallest absolute Gasteiger partial charge is 0.411 e. The van der Waals surface area contributed by atoms with Crippen LogP contribution in [-0.4, -0.2) is 23.6 Å². The van der Waals surface area contributed by atoms with E-state index in [0.717, 1.165) is 27.6 Å². The lowest BCUT2D eigenvalue weighted by atomic mass is 9.93. The number of rotatable bonds is 2. The number of amides is 2. The number of H-pyrrole nitrogens is 1. The maximum Gasteiger partial charge on any atom is 0.411 e. The minimum atomic E-state index is -0.715. The van der Waals surface area contributed by atoms with Crippen molar-refractivity contribution in [2.24, 2.45) is 0 Å². The molecule has 0 saturated heterocycles. The maximum atomic E-state index is 13.7. The van der Waals surface area contributed by atoms with Gasteiger partial charge in [0.2, 0.25) is 5.91 Å². The van der Waals surface area contributed by atoms with Crippen LogP contribution < -0.4 is 21.5 Å². The highest BCUT2D eigenvalue weighted by Gasteiger charge is 2.25. The van der Waals surface area contributed by atoms with Crippen LogP contribution in [-0.2, 0) is 9.53 Å². The summed E-state index contributed by atoms with van der Waals surface area (Å²) >= 11 is 0. The average molecular weight is 511 g/mol. The van der Waals surface area contributed by atoms with Gasteiger partial charge in [0.15, 0.2) is 0 Å². The molecule has 0 saturated carbocycles. The number of carbonyl (C=O) groups is 2. The third-order valence-electron chi connectivity index (χ3n) is 6.96. The maximum absolute atomic E-state index is 13.7. The van der Waals surface area contributed by atoms with Crippen LogP contribution in [0.3, 0.4) is 0 Å². The fraction of sp³-hybridized carbons (Fsp3) is 0.233. The number of nitrogens with one attached hydrogen (secondary N) is 4. The Morgan fingerprint density at radius 2 is 1.76 bits per heavy atom. The van der Waals surface area contributed by atoms with Gasteiger partial charge in [-0.25, -0.2) is 4.79 Å². The first kappa shape index (κ1) is 25.1. The third kappa shape index (κ3) is 5.25. The molecule has 0 aliphatic carbocycles. The Kier molecular flexibility index (Phi) is 6.87. The van der Waals surface area contributed by atoms with Gasteiger partial charge in [-0.05, 0) is 71.8 Å². The van der Waals surface area contributed by atoms with Crippen molar-refractivity contribution in [3.63, 3.8) is 0 Å². The Morgan fingerprint density at radius 3 is 2.58 bits per heavy atom. The van der Waals surface area contributed by atoms with E-state index in [2.05, 4.69) is 20.9 Å². The quantitative estimate of drug-likeness (QED) is 0.283. The summed E-state index contributed by atoms with van der Waals surface area (Å²) in [5, 5.41) is 10.6. The summed E-state index contributed by atoms with van der Waals surface area (Å²) in [6.45, 7) is 6.09. The Bertz CT molecular complexity index is 1580. The van der Waals surface area contributed by atoms with Gasteiger partial charge in [0.05, 0.1) is 12.6 Å². The van der Waals surface area contributed by atoms with Crippen LogP contribution in [0.4, 0.5) is 16.2 Å². The van der Waals surface area contributed by atoms with Crippen molar-refractivity contribution in [1.29, 1.82) is 0 Å². The molecule has 8 heteroatoms. The second-order valence-electron chi connectivity index (χ2n) is 9.78. The molecule has 3 heterocycles. The SMILES string of the molecule is Cc1cc2ccc1[C@@H](C)COC(=O)Nc1cccc(c1)[C@@H](C)NC(=O)[C@@H]2Nc1ccc2cc[nH]c(=O)c2c1. The lowest BCUT2D eigenvalue weighted by molar-refractivity contribution is -0.122. The number of pyridine rings is 1. The van der Waals surface area contributed by atoms with Gasteiger partial charge in [-0.3, -0.25) is 14.9 Å². The third-order valence-corrected chi connectivity index (χ3v) is 6.96. The fourth-order valence-electron chi connectivity index (χ4n) is 4.88. The Hall–Kier alpha value is -4.59. The van der Waals surface area contributed by atoms with Crippen LogP contribution >= 0.6 is 0 Å². The number of carbonyl (C=O) groups excluding carboxylic acids is 2. The van der Waals surface area contributed by atoms with Crippen LogP contribution in [0.15, 0.2) is 77.7 Å². The molecule has 0 fully saturated rings. The summed E-state index contributed by atoms with van der Waals surface area (Å²) < 4.78 is 5.49. The van der Waals surface area contributed by atoms with Crippen LogP contribution in [0.1, 0.15) is 54.1 Å². The largest absolute Gasteiger partial charge is 0.449 e. The van der Waals surface area contributed by atoms with E-state index >= 15 is 0 Å². The first-order chi connectivity index (χ1) is 18.3. The molecule has 8 nitrogen and oxygen atoms in total. The summed E-state index contributed by atoms with van der Waals surface area (Å²) in [5.41, 5.74) is 4.68. The number of hydrogen-bond acceptors (Lipinski definition) is 5. The topological polar surface area (TPSA) is 112 Å². The van der Waals surface area contributed by atoms with Crippen LogP contribution in [0.25, 0.3) is 10.8 Å². The number of aromatic amines is 1. The molecule has 38 heavy (non-hydrogen) atoms. The van der Waals surface area contributed by atoms with Crippen molar-refractivity contribution in [1.82, 2.24) is 10.3 Å². The molecule has 3 atom stereocenters. The predicted molar refractivity (Wildman–Crippen MR) is 148 cm³/mol. The van der Waals surface area contributed by atoms with Gasteiger partial charge in [-0.1, -0.05) is 43.3 Å². The summed E-state index contributed by atoms with van der Waals surface area (Å²) in [5.74, 6) is -0.258. The molecule has 1 aromatic heterocycles. The van der Waals surface area contributed by atoms with Crippen LogP contribution in [0, 0.1) is 6.92 Å². The minimum absolute atomic E-state index is 0.0403. The molecule has 3 aromatic carbocycles. The van der Waals surface area contributed by atoms with E-state index in [1.54, 1.807) is 18.3 Å². The normalized spacial score (nSPS) is 19.9. The van der Waals surface area contributed by atoms with Gasteiger partial charge >= 0.3 is 6.09 Å². The molecule has 0 unspecified atom stereocenters. The molecule has 2 amide bonds. The minimum Gasteiger partial charge on any atom is -0.449 e. The lowest BCUT2D eigenvalue weighted by Gasteiger charge is -2.25. The van der Waals surface area contributed by atoms with Crippen LogP contribution in [0.5, 0.6) is 0 Å². The molecule has 2 aliphatic rings. The summed E-state index contributed by atoms with van der Waals surface area (Å²) in [6, 6.07) is 19.5. The molecule has 4 bridgehead atoms. The van der Waals surface area contributed by atoms with Crippen molar-refractivity contribution >= 4 is 34.1 Å². The Balaban J connectivity index is 1.55. The molecule has 4 N–H and O–H groups in total. The first-order valence-corrected chi connectivity index (χ1v) is 12.6. The van der Waals surface area contributed by atoms with Gasteiger partial charge in [0.25, 0.3) is 5.56 Å². The number of aryl methyl sites for hydroxylation is 1. The highest BCUT2D eigenvalue weighted by Crippen LogP contribution is 2.28. The lowest BCUT2D eigenvalue weighted by Crippen LogP contribution is -2.35. The molecule has 194 valence electrons. The number of anilines is 2. The highest BCUT2D eigenvalue weighted by molar-refractivity contribution is 5.89. The van der Waals surface area contributed by atoms with E-state index in [1.165, 1.54) is 0 Å². The molecule has 0 radical (unpaired) electrons. The number of hydrogen-bond donors (Lipinski definition) is 4. The van der Waals surface area contributed by atoms with E-state index < -0.39 is 12.1 Å². The van der Waals surface area contributed by atoms with Crippen molar-refractivity contribution in [2.75, 3.05) is 17.2 Å². The molecule has 6 rings (SSSR count). The monoisotopic (exact) mass is 510 g/mol. The number of benzene rings is 3. The Morgan fingerprint density at radius 1 is 0.921 bits per heavy atom. The zero-order chi connectivity index (χ0) is 26.8. The molecule has 4 aromatic rings. The summed E-state index contributed by atoms with van der Waals surface area (Å²) in [4.78, 5) is 41.2. The van der Waals surface area contributed by atoms with Gasteiger partial charge in [-0.2, -0.15) is 0 Å². The van der Waals surface area contributed by atoms with Gasteiger partial charge in [0.1, 0.15) is 6.04 Å². The first-order valence-electron chi connectivity index (χ1n) is 12.6. The van der Waals surface area contributed by atoms with Crippen molar-refractivity contribution in [2.45, 2.75) is 38.8 Å². The second-order valence-corrected chi connectivity index (χ2v) is 9.78. The number of aromatic nitrogens is 1. The van der Waals surface area contributed by atoms with E-state index in [9.17, 15) is 14.4 Å². The van der Waals surface area contributed by atoms with Crippen molar-refractivity contribution in [3.8, 4) is 0 Å². The summed E-state index contributed by atoms with van der Waals surface area (Å²) in [7, 11) is 0. The predicted octanol–water partition coefficient (Wildman–Crippen LogP) is 5.53. The summed E-state index contributed by atoms with van der Waals surface area (Å²) in [6.07, 6.45) is 1.09. The number of fused-ring (bicyclic) bond motifs is 10. The fourth-order valence-corrected chi connectivity index (χ4v) is 4.88.